The lowest BCUT2D eigenvalue weighted by atomic mass is 9.89. The van der Waals surface area contributed by atoms with Crippen molar-refractivity contribution in [2.75, 3.05) is 18.9 Å². The lowest BCUT2D eigenvalue weighted by Crippen LogP contribution is -2.45. The van der Waals surface area contributed by atoms with Gasteiger partial charge in [0.1, 0.15) is 6.04 Å². The number of amides is 1. The molecule has 1 amide bonds. The maximum atomic E-state index is 13.6. The van der Waals surface area contributed by atoms with E-state index in [0.29, 0.717) is 24.1 Å². The van der Waals surface area contributed by atoms with Crippen LogP contribution < -0.4 is 10.0 Å². The summed E-state index contributed by atoms with van der Waals surface area (Å²) in [7, 11) is -1.12. The molecule has 42 heavy (non-hydrogen) atoms. The largest absolute Gasteiger partial charge is 0.469 e. The topological polar surface area (TPSA) is 128 Å². The monoisotopic (exact) mass is 594 g/mol. The average molecular weight is 595 g/mol. The Morgan fingerprint density at radius 1 is 0.810 bits per heavy atom. The number of rotatable bonds is 14. The molecular weight excluding hydrogens is 556 g/mol. The van der Waals surface area contributed by atoms with Crippen molar-refractivity contribution in [3.05, 3.63) is 95.6 Å². The lowest BCUT2D eigenvalue weighted by molar-refractivity contribution is -0.145. The molecule has 10 heteroatoms. The standard InChI is InChI=1S/C32H38N2O7S/c1-22(2)20-28(25-15-17-26(18-16-25)34-42(38,39)27-8-6-5-7-9-27)31(36)33-29(32(37)41-4)21-24-12-10-23(11-13-24)14-19-30(35)40-3/h5-13,15-18,22,28-29,34H,14,19-21H2,1-4H3,(H,33,36)/t28-,29+/m1/s1. The molecule has 3 aromatic carbocycles. The Morgan fingerprint density at radius 3 is 2.00 bits per heavy atom. The second-order valence-electron chi connectivity index (χ2n) is 10.4. The zero-order valence-electron chi connectivity index (χ0n) is 24.3. The minimum Gasteiger partial charge on any atom is -0.469 e. The Morgan fingerprint density at radius 2 is 1.43 bits per heavy atom. The Hall–Kier alpha value is -4.18. The molecule has 0 fully saturated rings. The van der Waals surface area contributed by atoms with Crippen molar-refractivity contribution >= 4 is 33.6 Å². The molecule has 0 saturated carbocycles. The van der Waals surface area contributed by atoms with Crippen LogP contribution in [0, 0.1) is 5.92 Å². The maximum absolute atomic E-state index is 13.6. The predicted octanol–water partition coefficient (Wildman–Crippen LogP) is 4.62. The second-order valence-corrected chi connectivity index (χ2v) is 12.1. The van der Waals surface area contributed by atoms with Gasteiger partial charge in [-0.3, -0.25) is 14.3 Å². The van der Waals surface area contributed by atoms with E-state index in [1.165, 1.54) is 26.4 Å². The van der Waals surface area contributed by atoms with Gasteiger partial charge in [-0.05, 0) is 59.7 Å². The summed E-state index contributed by atoms with van der Waals surface area (Å²) in [4.78, 5) is 37.8. The fourth-order valence-electron chi connectivity index (χ4n) is 4.50. The molecule has 3 aromatic rings. The third-order valence-corrected chi connectivity index (χ3v) is 8.15. The molecule has 2 atom stereocenters. The fraction of sp³-hybridized carbons (Fsp3) is 0.344. The minimum absolute atomic E-state index is 0.149. The van der Waals surface area contributed by atoms with Crippen LogP contribution in [0.25, 0.3) is 0 Å². The number of nitrogens with one attached hydrogen (secondary N) is 2. The van der Waals surface area contributed by atoms with E-state index in [9.17, 15) is 22.8 Å². The van der Waals surface area contributed by atoms with Crippen LogP contribution in [0.3, 0.4) is 0 Å². The summed E-state index contributed by atoms with van der Waals surface area (Å²) in [5, 5.41) is 2.87. The van der Waals surface area contributed by atoms with Crippen LogP contribution in [0.15, 0.2) is 83.8 Å². The maximum Gasteiger partial charge on any atom is 0.328 e. The summed E-state index contributed by atoms with van der Waals surface area (Å²) in [6, 6.07) is 21.3. The molecule has 9 nitrogen and oxygen atoms in total. The first kappa shape index (κ1) is 32.3. The number of anilines is 1. The van der Waals surface area contributed by atoms with Crippen LogP contribution >= 0.6 is 0 Å². The first-order chi connectivity index (χ1) is 20.0. The minimum atomic E-state index is -3.75. The van der Waals surface area contributed by atoms with Gasteiger partial charge in [-0.1, -0.05) is 68.4 Å². The van der Waals surface area contributed by atoms with Crippen LogP contribution in [-0.2, 0) is 46.7 Å². The summed E-state index contributed by atoms with van der Waals surface area (Å²) in [5.41, 5.74) is 2.84. The van der Waals surface area contributed by atoms with Gasteiger partial charge >= 0.3 is 11.9 Å². The fourth-order valence-corrected chi connectivity index (χ4v) is 5.58. The highest BCUT2D eigenvalue weighted by molar-refractivity contribution is 7.92. The number of hydrogen-bond acceptors (Lipinski definition) is 7. The number of ether oxygens (including phenoxy) is 2. The molecule has 0 unspecified atom stereocenters. The Balaban J connectivity index is 1.73. The quantitative estimate of drug-likeness (QED) is 0.261. The molecule has 3 rings (SSSR count). The number of methoxy groups -OCH3 is 2. The van der Waals surface area contributed by atoms with Gasteiger partial charge in [0.2, 0.25) is 5.91 Å². The SMILES string of the molecule is COC(=O)CCc1ccc(C[C@H](NC(=O)[C@H](CC(C)C)c2ccc(NS(=O)(=O)c3ccccc3)cc2)C(=O)OC)cc1. The molecule has 0 bridgehead atoms. The first-order valence-electron chi connectivity index (χ1n) is 13.7. The normalized spacial score (nSPS) is 12.7. The van der Waals surface area contributed by atoms with E-state index in [0.717, 1.165) is 11.1 Å². The van der Waals surface area contributed by atoms with Gasteiger partial charge in [-0.2, -0.15) is 0 Å². The van der Waals surface area contributed by atoms with Crippen LogP contribution in [0.1, 0.15) is 49.3 Å². The van der Waals surface area contributed by atoms with E-state index in [2.05, 4.69) is 14.8 Å². The molecular formula is C32H38N2O7S. The molecule has 0 heterocycles. The zero-order chi connectivity index (χ0) is 30.7. The van der Waals surface area contributed by atoms with E-state index < -0.39 is 28.0 Å². The van der Waals surface area contributed by atoms with Crippen LogP contribution in [0.4, 0.5) is 5.69 Å². The molecule has 0 aliphatic rings. The Bertz CT molecular complexity index is 1440. The molecule has 0 radical (unpaired) electrons. The average Bonchev–Trinajstić information content (AvgIpc) is 2.99. The molecule has 0 saturated heterocycles. The van der Waals surface area contributed by atoms with Crippen LogP contribution in [-0.4, -0.2) is 46.5 Å². The Labute approximate surface area is 247 Å². The Kier molecular flexibility index (Phi) is 11.7. The summed E-state index contributed by atoms with van der Waals surface area (Å²) >= 11 is 0. The molecule has 0 aliphatic carbocycles. The number of sulfonamides is 1. The second kappa shape index (κ2) is 15.2. The first-order valence-corrected chi connectivity index (χ1v) is 15.2. The highest BCUT2D eigenvalue weighted by atomic mass is 32.2. The highest BCUT2D eigenvalue weighted by Crippen LogP contribution is 2.27. The number of carbonyl (C=O) groups is 3. The summed E-state index contributed by atoms with van der Waals surface area (Å²) < 4.78 is 37.6. The predicted molar refractivity (Wildman–Crippen MR) is 160 cm³/mol. The van der Waals surface area contributed by atoms with Crippen LogP contribution in [0.5, 0.6) is 0 Å². The lowest BCUT2D eigenvalue weighted by Gasteiger charge is -2.23. The number of benzene rings is 3. The smallest absolute Gasteiger partial charge is 0.328 e. The van der Waals surface area contributed by atoms with Gasteiger partial charge in [0, 0.05) is 18.5 Å². The number of carbonyl (C=O) groups excluding carboxylic acids is 3. The van der Waals surface area contributed by atoms with Gasteiger partial charge in [0.25, 0.3) is 10.0 Å². The van der Waals surface area contributed by atoms with Gasteiger partial charge in [-0.25, -0.2) is 13.2 Å². The zero-order valence-corrected chi connectivity index (χ0v) is 25.1. The molecule has 224 valence electrons. The van der Waals surface area contributed by atoms with Crippen molar-refractivity contribution in [3.63, 3.8) is 0 Å². The molecule has 0 spiro atoms. The highest BCUT2D eigenvalue weighted by Gasteiger charge is 2.28. The molecule has 2 N–H and O–H groups in total. The van der Waals surface area contributed by atoms with Gasteiger partial charge < -0.3 is 14.8 Å². The van der Waals surface area contributed by atoms with E-state index in [1.54, 1.807) is 42.5 Å². The third-order valence-electron chi connectivity index (χ3n) is 6.75. The van der Waals surface area contributed by atoms with Crippen molar-refractivity contribution in [2.45, 2.75) is 56.4 Å². The van der Waals surface area contributed by atoms with E-state index in [-0.39, 0.29) is 35.5 Å². The van der Waals surface area contributed by atoms with Gasteiger partial charge in [-0.15, -0.1) is 0 Å². The van der Waals surface area contributed by atoms with E-state index in [1.807, 2.05) is 38.1 Å². The molecule has 0 aromatic heterocycles. The van der Waals surface area contributed by atoms with Crippen molar-refractivity contribution in [3.8, 4) is 0 Å². The number of hydrogen-bond donors (Lipinski definition) is 2. The summed E-state index contributed by atoms with van der Waals surface area (Å²) in [6.07, 6.45) is 1.55. The van der Waals surface area contributed by atoms with Crippen molar-refractivity contribution in [1.29, 1.82) is 0 Å². The molecule has 0 aliphatic heterocycles. The number of aryl methyl sites for hydroxylation is 1. The summed E-state index contributed by atoms with van der Waals surface area (Å²) in [6.45, 7) is 4.00. The van der Waals surface area contributed by atoms with E-state index in [4.69, 9.17) is 4.74 Å². The van der Waals surface area contributed by atoms with Crippen molar-refractivity contribution < 1.29 is 32.3 Å². The number of esters is 2. The van der Waals surface area contributed by atoms with E-state index >= 15 is 0 Å². The van der Waals surface area contributed by atoms with Crippen LogP contribution in [0.2, 0.25) is 0 Å². The van der Waals surface area contributed by atoms with Gasteiger partial charge in [0.15, 0.2) is 0 Å². The van der Waals surface area contributed by atoms with Gasteiger partial charge in [0.05, 0.1) is 25.0 Å². The third kappa shape index (κ3) is 9.44. The van der Waals surface area contributed by atoms with Crippen molar-refractivity contribution in [1.82, 2.24) is 5.32 Å². The summed E-state index contributed by atoms with van der Waals surface area (Å²) in [5.74, 6) is -1.58. The van der Waals surface area contributed by atoms with Crippen molar-refractivity contribution in [2.24, 2.45) is 5.92 Å².